The Balaban J connectivity index is 1.81. The lowest BCUT2D eigenvalue weighted by molar-refractivity contribution is -0.690. The van der Waals surface area contributed by atoms with Crippen LogP contribution >= 0.6 is 0 Å². The average molecular weight is 365 g/mol. The highest BCUT2D eigenvalue weighted by molar-refractivity contribution is 6.09. The van der Waals surface area contributed by atoms with Crippen LogP contribution in [0.3, 0.4) is 0 Å². The molecule has 0 aliphatic carbocycles. The largest absolute Gasteiger partial charge is 0.344 e. The predicted molar refractivity (Wildman–Crippen MR) is 114 cm³/mol. The summed E-state index contributed by atoms with van der Waals surface area (Å²) < 4.78 is 6.66. The molecule has 5 rings (SSSR count). The molecule has 0 amide bonds. The number of aromatic nitrogens is 3. The summed E-state index contributed by atoms with van der Waals surface area (Å²) in [6.07, 6.45) is 4.21. The number of benzene rings is 2. The van der Waals surface area contributed by atoms with Crippen molar-refractivity contribution in [2.45, 2.75) is 0 Å². The second kappa shape index (κ2) is 6.31. The van der Waals surface area contributed by atoms with Crippen LogP contribution in [0.15, 0.2) is 85.2 Å². The molecule has 0 saturated heterocycles. The third-order valence-electron chi connectivity index (χ3n) is 5.70. The molecule has 3 aromatic heterocycles. The molecule has 0 spiro atoms. The van der Waals surface area contributed by atoms with E-state index in [4.69, 9.17) is 0 Å². The topological polar surface area (TPSA) is 12.7 Å². The van der Waals surface area contributed by atoms with Crippen molar-refractivity contribution in [1.29, 1.82) is 0 Å². The van der Waals surface area contributed by atoms with Crippen LogP contribution in [0.5, 0.6) is 0 Å². The van der Waals surface area contributed by atoms with Crippen molar-refractivity contribution in [3.63, 3.8) is 0 Å². The quantitative estimate of drug-likeness (QED) is 0.413. The zero-order valence-corrected chi connectivity index (χ0v) is 16.4. The summed E-state index contributed by atoms with van der Waals surface area (Å²) in [4.78, 5) is 0. The van der Waals surface area contributed by atoms with Gasteiger partial charge in [-0.15, -0.1) is 0 Å². The zero-order chi connectivity index (χ0) is 19.3. The molecule has 2 aromatic carbocycles. The van der Waals surface area contributed by atoms with Gasteiger partial charge in [-0.25, -0.2) is 0 Å². The average Bonchev–Trinajstić information content (AvgIpc) is 3.01. The third kappa shape index (κ3) is 2.43. The van der Waals surface area contributed by atoms with Crippen molar-refractivity contribution in [1.82, 2.24) is 4.57 Å². The van der Waals surface area contributed by atoms with Gasteiger partial charge in [0.1, 0.15) is 14.1 Å². The minimum Gasteiger partial charge on any atom is -0.344 e. The Kier molecular flexibility index (Phi) is 3.76. The van der Waals surface area contributed by atoms with Gasteiger partial charge in [0.05, 0.1) is 5.56 Å². The van der Waals surface area contributed by atoms with Crippen LogP contribution in [0, 0.1) is 0 Å². The lowest BCUT2D eigenvalue weighted by Gasteiger charge is -2.07. The minimum absolute atomic E-state index is 1.19. The molecule has 0 radical (unpaired) electrons. The Morgan fingerprint density at radius 2 is 1.43 bits per heavy atom. The number of hydrogen-bond donors (Lipinski definition) is 0. The first-order chi connectivity index (χ1) is 13.6. The van der Waals surface area contributed by atoms with Crippen molar-refractivity contribution < 1.29 is 9.13 Å². The summed E-state index contributed by atoms with van der Waals surface area (Å²) in [7, 11) is 6.35. The normalized spacial score (nSPS) is 11.4. The Labute approximate surface area is 164 Å². The molecule has 3 heterocycles. The molecule has 136 valence electrons. The van der Waals surface area contributed by atoms with Crippen molar-refractivity contribution in [2.24, 2.45) is 21.1 Å². The van der Waals surface area contributed by atoms with Crippen molar-refractivity contribution >= 4 is 21.8 Å². The fourth-order valence-electron chi connectivity index (χ4n) is 4.27. The van der Waals surface area contributed by atoms with Crippen molar-refractivity contribution in [2.75, 3.05) is 0 Å². The molecule has 0 aliphatic heterocycles. The van der Waals surface area contributed by atoms with E-state index in [0.717, 1.165) is 0 Å². The van der Waals surface area contributed by atoms with E-state index >= 15 is 0 Å². The molecule has 0 aliphatic rings. The van der Waals surface area contributed by atoms with Crippen LogP contribution in [0.1, 0.15) is 0 Å². The van der Waals surface area contributed by atoms with E-state index in [1.165, 1.54) is 44.3 Å². The van der Waals surface area contributed by atoms with Gasteiger partial charge in [0.25, 0.3) is 11.4 Å². The fraction of sp³-hybridized carbons (Fsp3) is 0.120. The highest BCUT2D eigenvalue weighted by Gasteiger charge is 2.24. The molecule has 0 atom stereocenters. The van der Waals surface area contributed by atoms with Crippen LogP contribution in [0.4, 0.5) is 0 Å². The third-order valence-corrected chi connectivity index (χ3v) is 5.70. The number of hydrogen-bond acceptors (Lipinski definition) is 0. The first kappa shape index (κ1) is 16.7. The molecule has 3 heteroatoms. The second-order valence-electron chi connectivity index (χ2n) is 7.39. The summed E-state index contributed by atoms with van der Waals surface area (Å²) >= 11 is 0. The maximum absolute atomic E-state index is 2.33. The Bertz CT molecular complexity index is 1350. The summed E-state index contributed by atoms with van der Waals surface area (Å²) in [5, 5.41) is 2.60. The SMILES string of the molecule is Cn1c2ccccc2c2cc(-c3ccc[n+](C)c3-c3cccc[n+]3C)ccc21. The molecule has 0 N–H and O–H groups in total. The standard InChI is InChI=1S/C25H23N3/c1-26-15-7-6-12-24(26)25-19(10-8-16-27(25)2)18-13-14-23-21(17-18)20-9-4-5-11-22(20)28(23)3/h4-17H,1-3H3/q+2. The van der Waals surface area contributed by atoms with Gasteiger partial charge in [-0.05, 0) is 35.9 Å². The zero-order valence-electron chi connectivity index (χ0n) is 16.4. The van der Waals surface area contributed by atoms with Gasteiger partial charge in [0.2, 0.25) is 0 Å². The van der Waals surface area contributed by atoms with Gasteiger partial charge < -0.3 is 4.57 Å². The van der Waals surface area contributed by atoms with Gasteiger partial charge in [-0.2, -0.15) is 9.13 Å². The molecular formula is C25H23N3+2. The number of fused-ring (bicyclic) bond motifs is 3. The second-order valence-corrected chi connectivity index (χ2v) is 7.39. The molecule has 0 fully saturated rings. The summed E-state index contributed by atoms with van der Waals surface area (Å²) in [6.45, 7) is 0. The van der Waals surface area contributed by atoms with E-state index < -0.39 is 0 Å². The van der Waals surface area contributed by atoms with Gasteiger partial charge in [0, 0.05) is 47.1 Å². The van der Waals surface area contributed by atoms with Gasteiger partial charge in [0.15, 0.2) is 12.4 Å². The molecule has 3 nitrogen and oxygen atoms in total. The van der Waals surface area contributed by atoms with Gasteiger partial charge in [-0.3, -0.25) is 0 Å². The van der Waals surface area contributed by atoms with Crippen LogP contribution in [0.2, 0.25) is 0 Å². The number of para-hydroxylation sites is 1. The minimum atomic E-state index is 1.19. The van der Waals surface area contributed by atoms with Crippen molar-refractivity contribution in [3.8, 4) is 22.5 Å². The number of aryl methyl sites for hydroxylation is 3. The number of nitrogens with zero attached hydrogens (tertiary/aromatic N) is 3. The first-order valence-corrected chi connectivity index (χ1v) is 9.56. The molecule has 5 aromatic rings. The van der Waals surface area contributed by atoms with Crippen LogP contribution in [-0.2, 0) is 21.1 Å². The van der Waals surface area contributed by atoms with E-state index in [1.807, 2.05) is 0 Å². The smallest absolute Gasteiger partial charge is 0.284 e. The number of pyridine rings is 2. The molecule has 0 unspecified atom stereocenters. The Morgan fingerprint density at radius 1 is 0.679 bits per heavy atom. The highest BCUT2D eigenvalue weighted by atomic mass is 15.0. The van der Waals surface area contributed by atoms with Gasteiger partial charge >= 0.3 is 0 Å². The van der Waals surface area contributed by atoms with Crippen LogP contribution < -0.4 is 9.13 Å². The molecular weight excluding hydrogens is 342 g/mol. The van der Waals surface area contributed by atoms with E-state index in [2.05, 4.69) is 120 Å². The monoisotopic (exact) mass is 365 g/mol. The van der Waals surface area contributed by atoms with Crippen molar-refractivity contribution in [3.05, 3.63) is 85.2 Å². The summed E-state index contributed by atoms with van der Waals surface area (Å²) in [5.74, 6) is 0. The van der Waals surface area contributed by atoms with Gasteiger partial charge in [-0.1, -0.05) is 24.3 Å². The molecule has 0 bridgehead atoms. The summed E-state index contributed by atoms with van der Waals surface area (Å²) in [6, 6.07) is 26.1. The van der Waals surface area contributed by atoms with E-state index in [0.29, 0.717) is 0 Å². The molecule has 28 heavy (non-hydrogen) atoms. The lowest BCUT2D eigenvalue weighted by Crippen LogP contribution is -2.38. The lowest BCUT2D eigenvalue weighted by atomic mass is 9.99. The van der Waals surface area contributed by atoms with E-state index in [9.17, 15) is 0 Å². The van der Waals surface area contributed by atoms with Crippen LogP contribution in [-0.4, -0.2) is 4.57 Å². The maximum atomic E-state index is 2.33. The Morgan fingerprint density at radius 3 is 2.29 bits per heavy atom. The molecule has 0 saturated carbocycles. The predicted octanol–water partition coefficient (Wildman–Crippen LogP) is 4.31. The van der Waals surface area contributed by atoms with E-state index in [1.54, 1.807) is 0 Å². The fourth-order valence-corrected chi connectivity index (χ4v) is 4.27. The highest BCUT2D eigenvalue weighted by Crippen LogP contribution is 2.34. The Hall–Kier alpha value is -3.46. The summed E-state index contributed by atoms with van der Waals surface area (Å²) in [5.41, 5.74) is 7.41. The maximum Gasteiger partial charge on any atom is 0.284 e. The number of rotatable bonds is 2. The van der Waals surface area contributed by atoms with E-state index in [-0.39, 0.29) is 0 Å². The van der Waals surface area contributed by atoms with Crippen LogP contribution in [0.25, 0.3) is 44.3 Å². The first-order valence-electron chi connectivity index (χ1n) is 9.56.